The Hall–Kier alpha value is -0.370. The molecule has 0 atom stereocenters. The van der Waals surface area contributed by atoms with Gasteiger partial charge in [0.25, 0.3) is 0 Å². The van der Waals surface area contributed by atoms with E-state index in [0.29, 0.717) is 13.2 Å². The molecule has 0 aromatic rings. The third-order valence-corrected chi connectivity index (χ3v) is 2.18. The molecule has 0 aromatic carbocycles. The van der Waals surface area contributed by atoms with Gasteiger partial charge < -0.3 is 4.74 Å². The number of carbonyl (C=O) groups excluding carboxylic acids is 1. The smallest absolute Gasteiger partial charge is 0.140 e. The van der Waals surface area contributed by atoms with Crippen molar-refractivity contribution in [3.8, 4) is 0 Å². The molecule has 2 nitrogen and oxygen atoms in total. The van der Waals surface area contributed by atoms with Crippen LogP contribution in [0.2, 0.25) is 0 Å². The molecule has 0 aliphatic carbocycles. The van der Waals surface area contributed by atoms with Crippen molar-refractivity contribution in [2.45, 2.75) is 20.3 Å². The van der Waals surface area contributed by atoms with Gasteiger partial charge in [0, 0.05) is 0 Å². The van der Waals surface area contributed by atoms with Gasteiger partial charge in [0.05, 0.1) is 18.6 Å². The third kappa shape index (κ3) is 0.874. The molecule has 0 bridgehead atoms. The Kier molecular flexibility index (Phi) is 1.58. The first-order chi connectivity index (χ1) is 4.21. The molecule has 2 heteroatoms. The summed E-state index contributed by atoms with van der Waals surface area (Å²) in [5.41, 5.74) is -0.0972. The number of Topliss-reactive ketones (excluding diaryl/α,β-unsaturated/α-hetero) is 1. The summed E-state index contributed by atoms with van der Waals surface area (Å²) in [6.45, 7) is 4.95. The molecular formula is C7H12O2. The molecule has 0 spiro atoms. The maximum Gasteiger partial charge on any atom is 0.140 e. The monoisotopic (exact) mass is 128 g/mol. The maximum atomic E-state index is 10.9. The molecule has 0 unspecified atom stereocenters. The Labute approximate surface area is 55.2 Å². The van der Waals surface area contributed by atoms with Crippen LogP contribution in [0, 0.1) is 5.41 Å². The van der Waals surface area contributed by atoms with Crippen LogP contribution in [0.4, 0.5) is 0 Å². The molecule has 0 amide bonds. The summed E-state index contributed by atoms with van der Waals surface area (Å²) in [6, 6.07) is 0. The zero-order valence-corrected chi connectivity index (χ0v) is 5.94. The Morgan fingerprint density at radius 2 is 2.22 bits per heavy atom. The van der Waals surface area contributed by atoms with Crippen LogP contribution in [0.5, 0.6) is 0 Å². The van der Waals surface area contributed by atoms with Crippen molar-refractivity contribution >= 4 is 5.78 Å². The Morgan fingerprint density at radius 3 is 2.22 bits per heavy atom. The lowest BCUT2D eigenvalue weighted by Crippen LogP contribution is -2.47. The molecule has 9 heavy (non-hydrogen) atoms. The van der Waals surface area contributed by atoms with Gasteiger partial charge in [-0.05, 0) is 13.3 Å². The largest absolute Gasteiger partial charge is 0.379 e. The fourth-order valence-electron chi connectivity index (χ4n) is 1.00. The first-order valence-electron chi connectivity index (χ1n) is 3.30. The molecular weight excluding hydrogens is 116 g/mol. The van der Waals surface area contributed by atoms with Crippen molar-refractivity contribution < 1.29 is 9.53 Å². The molecule has 52 valence electrons. The minimum Gasteiger partial charge on any atom is -0.379 e. The van der Waals surface area contributed by atoms with Gasteiger partial charge in [-0.15, -0.1) is 0 Å². The predicted octanol–water partition coefficient (Wildman–Crippen LogP) is 1.00. The summed E-state index contributed by atoms with van der Waals surface area (Å²) in [5, 5.41) is 0. The fourth-order valence-corrected chi connectivity index (χ4v) is 1.00. The summed E-state index contributed by atoms with van der Waals surface area (Å²) in [5.74, 6) is 0.274. The van der Waals surface area contributed by atoms with Crippen molar-refractivity contribution in [1.82, 2.24) is 0 Å². The zero-order valence-electron chi connectivity index (χ0n) is 5.94. The van der Waals surface area contributed by atoms with Crippen molar-refractivity contribution in [2.75, 3.05) is 13.2 Å². The minimum atomic E-state index is -0.0972. The van der Waals surface area contributed by atoms with Gasteiger partial charge in [-0.3, -0.25) is 4.79 Å². The van der Waals surface area contributed by atoms with Crippen molar-refractivity contribution in [2.24, 2.45) is 5.41 Å². The lowest BCUT2D eigenvalue weighted by Gasteiger charge is -2.38. The normalized spacial score (nSPS) is 22.9. The lowest BCUT2D eigenvalue weighted by molar-refractivity contribution is -0.157. The standard InChI is InChI=1S/C7H12O2/c1-3-7(6(2)8)4-9-5-7/h3-5H2,1-2H3. The number of rotatable bonds is 2. The second-order valence-corrected chi connectivity index (χ2v) is 2.68. The summed E-state index contributed by atoms with van der Waals surface area (Å²) in [6.07, 6.45) is 0.919. The molecule has 0 aromatic heterocycles. The van der Waals surface area contributed by atoms with Gasteiger partial charge in [0.1, 0.15) is 5.78 Å². The van der Waals surface area contributed by atoms with Gasteiger partial charge >= 0.3 is 0 Å². The van der Waals surface area contributed by atoms with E-state index < -0.39 is 0 Å². The third-order valence-electron chi connectivity index (χ3n) is 2.18. The number of hydrogen-bond donors (Lipinski definition) is 0. The van der Waals surface area contributed by atoms with E-state index in [4.69, 9.17) is 4.74 Å². The van der Waals surface area contributed by atoms with E-state index in [0.717, 1.165) is 6.42 Å². The van der Waals surface area contributed by atoms with Crippen LogP contribution < -0.4 is 0 Å². The number of hydrogen-bond acceptors (Lipinski definition) is 2. The summed E-state index contributed by atoms with van der Waals surface area (Å²) in [7, 11) is 0. The van der Waals surface area contributed by atoms with Crippen LogP contribution in [-0.4, -0.2) is 19.0 Å². The fraction of sp³-hybridized carbons (Fsp3) is 0.857. The zero-order chi connectivity index (χ0) is 6.91. The summed E-state index contributed by atoms with van der Waals surface area (Å²) >= 11 is 0. The van der Waals surface area contributed by atoms with Crippen LogP contribution in [-0.2, 0) is 9.53 Å². The highest BCUT2D eigenvalue weighted by Crippen LogP contribution is 2.31. The first-order valence-corrected chi connectivity index (χ1v) is 3.30. The maximum absolute atomic E-state index is 10.9. The molecule has 1 fully saturated rings. The summed E-state index contributed by atoms with van der Waals surface area (Å²) < 4.78 is 4.97. The number of carbonyl (C=O) groups is 1. The average Bonchev–Trinajstić information content (AvgIpc) is 1.62. The van der Waals surface area contributed by atoms with Crippen molar-refractivity contribution in [1.29, 1.82) is 0 Å². The molecule has 1 aliphatic heterocycles. The van der Waals surface area contributed by atoms with Gasteiger partial charge in [0.2, 0.25) is 0 Å². The molecule has 1 rings (SSSR count). The second kappa shape index (κ2) is 2.10. The van der Waals surface area contributed by atoms with Crippen LogP contribution in [0.15, 0.2) is 0 Å². The quantitative estimate of drug-likeness (QED) is 0.554. The van der Waals surface area contributed by atoms with Gasteiger partial charge in [0.15, 0.2) is 0 Å². The predicted molar refractivity (Wildman–Crippen MR) is 34.2 cm³/mol. The van der Waals surface area contributed by atoms with Crippen LogP contribution in [0.25, 0.3) is 0 Å². The Bertz CT molecular complexity index is 119. The molecule has 0 saturated carbocycles. The Balaban J connectivity index is 2.57. The van der Waals surface area contributed by atoms with Crippen LogP contribution in [0.1, 0.15) is 20.3 Å². The SMILES string of the molecule is CCC1(C(C)=O)COC1. The molecule has 1 saturated heterocycles. The molecule has 0 radical (unpaired) electrons. The van der Waals surface area contributed by atoms with Crippen LogP contribution >= 0.6 is 0 Å². The second-order valence-electron chi connectivity index (χ2n) is 2.68. The van der Waals surface area contributed by atoms with Crippen LogP contribution in [0.3, 0.4) is 0 Å². The number of ketones is 1. The van der Waals surface area contributed by atoms with Crippen molar-refractivity contribution in [3.63, 3.8) is 0 Å². The molecule has 0 N–H and O–H groups in total. The van der Waals surface area contributed by atoms with Crippen molar-refractivity contribution in [3.05, 3.63) is 0 Å². The van der Waals surface area contributed by atoms with E-state index in [2.05, 4.69) is 0 Å². The number of ether oxygens (including phenoxy) is 1. The topological polar surface area (TPSA) is 26.3 Å². The van der Waals surface area contributed by atoms with E-state index in [1.807, 2.05) is 6.92 Å². The van der Waals surface area contributed by atoms with E-state index in [-0.39, 0.29) is 11.2 Å². The van der Waals surface area contributed by atoms with Gasteiger partial charge in [-0.25, -0.2) is 0 Å². The molecule has 1 heterocycles. The van der Waals surface area contributed by atoms with E-state index in [1.165, 1.54) is 0 Å². The average molecular weight is 128 g/mol. The highest BCUT2D eigenvalue weighted by molar-refractivity contribution is 5.83. The highest BCUT2D eigenvalue weighted by Gasteiger charge is 2.41. The van der Waals surface area contributed by atoms with E-state index in [1.54, 1.807) is 6.92 Å². The van der Waals surface area contributed by atoms with Gasteiger partial charge in [-0.1, -0.05) is 6.92 Å². The lowest BCUT2D eigenvalue weighted by atomic mass is 9.80. The Morgan fingerprint density at radius 1 is 1.67 bits per heavy atom. The van der Waals surface area contributed by atoms with E-state index in [9.17, 15) is 4.79 Å². The van der Waals surface area contributed by atoms with Gasteiger partial charge in [-0.2, -0.15) is 0 Å². The van der Waals surface area contributed by atoms with E-state index >= 15 is 0 Å². The first kappa shape index (κ1) is 6.75. The minimum absolute atomic E-state index is 0.0972. The molecule has 1 aliphatic rings. The highest BCUT2D eigenvalue weighted by atomic mass is 16.5. The summed E-state index contributed by atoms with van der Waals surface area (Å²) in [4.78, 5) is 10.9.